The van der Waals surface area contributed by atoms with Crippen LogP contribution in [0.5, 0.6) is 0 Å². The van der Waals surface area contributed by atoms with Gasteiger partial charge >= 0.3 is 0 Å². The third-order valence-corrected chi connectivity index (χ3v) is 4.21. The molecule has 0 aliphatic rings. The van der Waals surface area contributed by atoms with Gasteiger partial charge in [0, 0.05) is 18.1 Å². The van der Waals surface area contributed by atoms with Crippen molar-refractivity contribution < 1.29 is 0 Å². The third-order valence-electron chi connectivity index (χ3n) is 4.21. The molecule has 0 aliphatic heterocycles. The molecule has 3 aromatic heterocycles. The third kappa shape index (κ3) is 2.76. The first kappa shape index (κ1) is 15.1. The SMILES string of the molecule is Cc1c(CNc2cnc3ccccc3c2)cnc2nc(N)nc(N)c12. The monoisotopic (exact) mass is 331 g/mol. The second-order valence-corrected chi connectivity index (χ2v) is 5.84. The smallest absolute Gasteiger partial charge is 0.224 e. The number of nitrogens with one attached hydrogen (secondary N) is 1. The van der Waals surface area contributed by atoms with Gasteiger partial charge in [0.15, 0.2) is 5.65 Å². The highest BCUT2D eigenvalue weighted by Crippen LogP contribution is 2.24. The number of aryl methyl sites for hydroxylation is 1. The minimum absolute atomic E-state index is 0.130. The van der Waals surface area contributed by atoms with E-state index in [-0.39, 0.29) is 5.95 Å². The van der Waals surface area contributed by atoms with Gasteiger partial charge in [0.25, 0.3) is 0 Å². The van der Waals surface area contributed by atoms with Gasteiger partial charge in [-0.1, -0.05) is 18.2 Å². The zero-order valence-corrected chi connectivity index (χ0v) is 13.7. The highest BCUT2D eigenvalue weighted by atomic mass is 15.1. The van der Waals surface area contributed by atoms with Crippen LogP contribution >= 0.6 is 0 Å². The molecule has 25 heavy (non-hydrogen) atoms. The first-order valence-electron chi connectivity index (χ1n) is 7.87. The number of nitrogens with zero attached hydrogens (tertiary/aromatic N) is 4. The number of para-hydroxylation sites is 1. The summed E-state index contributed by atoms with van der Waals surface area (Å²) in [6.45, 7) is 2.58. The number of rotatable bonds is 3. The Morgan fingerprint density at radius 3 is 2.76 bits per heavy atom. The summed E-state index contributed by atoms with van der Waals surface area (Å²) in [6, 6.07) is 10.1. The average Bonchev–Trinajstić information content (AvgIpc) is 2.60. The second-order valence-electron chi connectivity index (χ2n) is 5.84. The fraction of sp³-hybridized carbons (Fsp3) is 0.111. The summed E-state index contributed by atoms with van der Waals surface area (Å²) in [5.74, 6) is 0.478. The van der Waals surface area contributed by atoms with Crippen LogP contribution in [0.3, 0.4) is 0 Å². The standard InChI is InChI=1S/C18H17N7/c1-10-12(8-23-17-15(10)16(19)24-18(20)25-17)7-21-13-6-11-4-2-3-5-14(11)22-9-13/h2-6,8-9,21H,7H2,1H3,(H4,19,20,23,24,25). The van der Waals surface area contributed by atoms with Gasteiger partial charge in [0.2, 0.25) is 5.95 Å². The molecule has 0 spiro atoms. The van der Waals surface area contributed by atoms with E-state index in [1.165, 1.54) is 0 Å². The molecule has 4 aromatic rings. The van der Waals surface area contributed by atoms with Crippen LogP contribution in [0.4, 0.5) is 17.5 Å². The van der Waals surface area contributed by atoms with Crippen molar-refractivity contribution in [2.24, 2.45) is 0 Å². The van der Waals surface area contributed by atoms with Crippen LogP contribution in [0.15, 0.2) is 42.7 Å². The number of aromatic nitrogens is 4. The Hall–Kier alpha value is -3.48. The van der Waals surface area contributed by atoms with Crippen LogP contribution in [0.25, 0.3) is 21.9 Å². The van der Waals surface area contributed by atoms with Crippen molar-refractivity contribution in [1.82, 2.24) is 19.9 Å². The van der Waals surface area contributed by atoms with Gasteiger partial charge < -0.3 is 16.8 Å². The fourth-order valence-electron chi connectivity index (χ4n) is 2.88. The summed E-state index contributed by atoms with van der Waals surface area (Å²) in [5.41, 5.74) is 16.1. The molecule has 0 unspecified atom stereocenters. The maximum absolute atomic E-state index is 5.99. The van der Waals surface area contributed by atoms with E-state index in [2.05, 4.69) is 31.3 Å². The molecule has 5 N–H and O–H groups in total. The largest absolute Gasteiger partial charge is 0.383 e. The van der Waals surface area contributed by atoms with E-state index < -0.39 is 0 Å². The Labute approximate surface area is 144 Å². The maximum atomic E-state index is 5.99. The van der Waals surface area contributed by atoms with E-state index in [0.717, 1.165) is 33.1 Å². The Morgan fingerprint density at radius 1 is 1.04 bits per heavy atom. The van der Waals surface area contributed by atoms with E-state index in [9.17, 15) is 0 Å². The van der Waals surface area contributed by atoms with Crippen molar-refractivity contribution in [1.29, 1.82) is 0 Å². The van der Waals surface area contributed by atoms with E-state index in [1.54, 1.807) is 6.20 Å². The lowest BCUT2D eigenvalue weighted by molar-refractivity contribution is 1.08. The van der Waals surface area contributed by atoms with Crippen molar-refractivity contribution in [2.75, 3.05) is 16.8 Å². The minimum Gasteiger partial charge on any atom is -0.383 e. The summed E-state index contributed by atoms with van der Waals surface area (Å²) in [7, 11) is 0. The van der Waals surface area contributed by atoms with Crippen molar-refractivity contribution >= 4 is 39.4 Å². The average molecular weight is 331 g/mol. The molecule has 7 heteroatoms. The molecule has 7 nitrogen and oxygen atoms in total. The molecule has 4 rings (SSSR count). The number of fused-ring (bicyclic) bond motifs is 2. The predicted molar refractivity (Wildman–Crippen MR) is 100.0 cm³/mol. The second kappa shape index (κ2) is 5.86. The van der Waals surface area contributed by atoms with Crippen LogP contribution in [-0.4, -0.2) is 19.9 Å². The Balaban J connectivity index is 1.65. The number of anilines is 3. The molecular weight excluding hydrogens is 314 g/mol. The van der Waals surface area contributed by atoms with Gasteiger partial charge in [-0.2, -0.15) is 9.97 Å². The first-order valence-corrected chi connectivity index (χ1v) is 7.87. The lowest BCUT2D eigenvalue weighted by atomic mass is 10.1. The van der Waals surface area contributed by atoms with E-state index >= 15 is 0 Å². The summed E-state index contributed by atoms with van der Waals surface area (Å²) in [6.07, 6.45) is 3.61. The molecular formula is C18H17N7. The van der Waals surface area contributed by atoms with Crippen molar-refractivity contribution in [3.8, 4) is 0 Å². The van der Waals surface area contributed by atoms with E-state index in [0.29, 0.717) is 18.0 Å². The van der Waals surface area contributed by atoms with Crippen LogP contribution in [0.1, 0.15) is 11.1 Å². The Morgan fingerprint density at radius 2 is 1.88 bits per heavy atom. The van der Waals surface area contributed by atoms with Crippen LogP contribution in [0.2, 0.25) is 0 Å². The van der Waals surface area contributed by atoms with Crippen LogP contribution < -0.4 is 16.8 Å². The van der Waals surface area contributed by atoms with Crippen molar-refractivity contribution in [2.45, 2.75) is 13.5 Å². The quantitative estimate of drug-likeness (QED) is 0.528. The lowest BCUT2D eigenvalue weighted by Gasteiger charge is -2.12. The molecule has 0 saturated heterocycles. The molecule has 1 aromatic carbocycles. The Bertz CT molecular complexity index is 1090. The summed E-state index contributed by atoms with van der Waals surface area (Å²) >= 11 is 0. The van der Waals surface area contributed by atoms with E-state index in [4.69, 9.17) is 11.5 Å². The Kier molecular flexibility index (Phi) is 3.53. The number of pyridine rings is 2. The maximum Gasteiger partial charge on any atom is 0.224 e. The number of benzene rings is 1. The zero-order chi connectivity index (χ0) is 17.4. The summed E-state index contributed by atoms with van der Waals surface area (Å²) in [5, 5.41) is 5.21. The van der Waals surface area contributed by atoms with Gasteiger partial charge in [-0.25, -0.2) is 4.98 Å². The fourth-order valence-corrected chi connectivity index (χ4v) is 2.88. The molecule has 0 radical (unpaired) electrons. The molecule has 124 valence electrons. The molecule has 0 aliphatic carbocycles. The highest BCUT2D eigenvalue weighted by Gasteiger charge is 2.11. The van der Waals surface area contributed by atoms with Crippen molar-refractivity contribution in [3.63, 3.8) is 0 Å². The van der Waals surface area contributed by atoms with Gasteiger partial charge in [0.1, 0.15) is 5.82 Å². The predicted octanol–water partition coefficient (Wildman–Crippen LogP) is 2.66. The molecule has 0 saturated carbocycles. The highest BCUT2D eigenvalue weighted by molar-refractivity contribution is 5.90. The topological polar surface area (TPSA) is 116 Å². The van der Waals surface area contributed by atoms with Crippen molar-refractivity contribution in [3.05, 3.63) is 53.9 Å². The molecule has 0 fully saturated rings. The molecule has 0 bridgehead atoms. The minimum atomic E-state index is 0.130. The van der Waals surface area contributed by atoms with Crippen LogP contribution in [0, 0.1) is 6.92 Å². The van der Waals surface area contributed by atoms with Gasteiger partial charge in [-0.15, -0.1) is 0 Å². The molecule has 3 heterocycles. The molecule has 0 atom stereocenters. The van der Waals surface area contributed by atoms with Gasteiger partial charge in [0.05, 0.1) is 22.8 Å². The van der Waals surface area contributed by atoms with Gasteiger partial charge in [-0.05, 0) is 30.2 Å². The zero-order valence-electron chi connectivity index (χ0n) is 13.7. The van der Waals surface area contributed by atoms with Crippen LogP contribution in [-0.2, 0) is 6.54 Å². The normalized spacial score (nSPS) is 11.1. The first-order chi connectivity index (χ1) is 12.1. The lowest BCUT2D eigenvalue weighted by Crippen LogP contribution is -2.07. The summed E-state index contributed by atoms with van der Waals surface area (Å²) in [4.78, 5) is 17.0. The van der Waals surface area contributed by atoms with Gasteiger partial charge in [-0.3, -0.25) is 4.98 Å². The number of hydrogen-bond acceptors (Lipinski definition) is 7. The molecule has 0 amide bonds. The number of hydrogen-bond donors (Lipinski definition) is 3. The van der Waals surface area contributed by atoms with E-state index in [1.807, 2.05) is 37.4 Å². The summed E-state index contributed by atoms with van der Waals surface area (Å²) < 4.78 is 0. The number of nitrogens with two attached hydrogens (primary N) is 2. The number of nitrogen functional groups attached to an aromatic ring is 2.